The van der Waals surface area contributed by atoms with Crippen molar-refractivity contribution in [3.8, 4) is 11.6 Å². The molecule has 0 spiro atoms. The Morgan fingerprint density at radius 1 is 1.25 bits per heavy atom. The van der Waals surface area contributed by atoms with Crippen LogP contribution in [0.25, 0.3) is 0 Å². The van der Waals surface area contributed by atoms with Crippen molar-refractivity contribution < 1.29 is 9.66 Å². The van der Waals surface area contributed by atoms with Crippen molar-refractivity contribution in [2.45, 2.75) is 20.8 Å². The van der Waals surface area contributed by atoms with Gasteiger partial charge in [-0.3, -0.25) is 10.1 Å². The van der Waals surface area contributed by atoms with E-state index in [4.69, 9.17) is 16.3 Å². The smallest absolute Gasteiger partial charge is 0.314 e. The largest absolute Gasteiger partial charge is 0.431 e. The molecular formula is C13H12ClN3O3. The number of aryl methyl sites for hydroxylation is 2. The van der Waals surface area contributed by atoms with E-state index in [1.54, 1.807) is 32.9 Å². The minimum Gasteiger partial charge on any atom is -0.431 e. The summed E-state index contributed by atoms with van der Waals surface area (Å²) in [6.45, 7) is 5.01. The Morgan fingerprint density at radius 3 is 2.60 bits per heavy atom. The summed E-state index contributed by atoms with van der Waals surface area (Å²) in [5.41, 5.74) is 0.967. The van der Waals surface area contributed by atoms with Gasteiger partial charge in [0.05, 0.1) is 4.92 Å². The maximum atomic E-state index is 11.1. The second-order valence-corrected chi connectivity index (χ2v) is 4.63. The van der Waals surface area contributed by atoms with Crippen LogP contribution in [0.5, 0.6) is 11.6 Å². The van der Waals surface area contributed by atoms with Gasteiger partial charge in [0.25, 0.3) is 0 Å². The van der Waals surface area contributed by atoms with Crippen LogP contribution in [0.15, 0.2) is 18.2 Å². The molecule has 1 aromatic carbocycles. The van der Waals surface area contributed by atoms with Gasteiger partial charge in [0.15, 0.2) is 0 Å². The van der Waals surface area contributed by atoms with Gasteiger partial charge in [0.2, 0.25) is 11.6 Å². The van der Waals surface area contributed by atoms with Crippen LogP contribution in [-0.2, 0) is 0 Å². The van der Waals surface area contributed by atoms with Crippen molar-refractivity contribution in [2.24, 2.45) is 0 Å². The summed E-state index contributed by atoms with van der Waals surface area (Å²) in [6.07, 6.45) is 0. The number of para-hydroxylation sites is 1. The summed E-state index contributed by atoms with van der Waals surface area (Å²) in [4.78, 5) is 18.8. The summed E-state index contributed by atoms with van der Waals surface area (Å²) in [5, 5.41) is 11.4. The Kier molecular flexibility index (Phi) is 3.85. The first-order valence-electron chi connectivity index (χ1n) is 5.82. The molecular weight excluding hydrogens is 282 g/mol. The molecule has 1 heterocycles. The molecule has 20 heavy (non-hydrogen) atoms. The summed E-state index contributed by atoms with van der Waals surface area (Å²) >= 11 is 5.95. The van der Waals surface area contributed by atoms with Gasteiger partial charge in [0, 0.05) is 11.1 Å². The van der Waals surface area contributed by atoms with Gasteiger partial charge in [-0.2, -0.15) is 4.98 Å². The second kappa shape index (κ2) is 5.42. The molecule has 0 unspecified atom stereocenters. The average Bonchev–Trinajstić information content (AvgIpc) is 2.35. The molecule has 0 radical (unpaired) electrons. The Hall–Kier alpha value is -2.21. The predicted octanol–water partition coefficient (Wildman–Crippen LogP) is 3.76. The van der Waals surface area contributed by atoms with E-state index in [0.29, 0.717) is 17.0 Å². The number of nitro benzene ring substituents is 1. The first kappa shape index (κ1) is 14.2. The fourth-order valence-corrected chi connectivity index (χ4v) is 1.92. The lowest BCUT2D eigenvalue weighted by atomic mass is 10.2. The first-order chi connectivity index (χ1) is 9.40. The maximum absolute atomic E-state index is 11.1. The van der Waals surface area contributed by atoms with Crippen LogP contribution in [0.4, 0.5) is 5.69 Å². The van der Waals surface area contributed by atoms with Crippen molar-refractivity contribution in [2.75, 3.05) is 0 Å². The van der Waals surface area contributed by atoms with E-state index < -0.39 is 4.92 Å². The standard InChI is InChI=1S/C13H12ClN3O3/c1-7-5-4-6-10(11(7)17(18)19)20-13-8(2)12(14)15-9(3)16-13/h4-6H,1-3H3. The van der Waals surface area contributed by atoms with Crippen molar-refractivity contribution in [1.82, 2.24) is 9.97 Å². The lowest BCUT2D eigenvalue weighted by molar-refractivity contribution is -0.386. The third-order valence-corrected chi connectivity index (χ3v) is 3.11. The normalized spacial score (nSPS) is 10.4. The summed E-state index contributed by atoms with van der Waals surface area (Å²) in [7, 11) is 0. The van der Waals surface area contributed by atoms with Gasteiger partial charge in [-0.1, -0.05) is 23.7 Å². The third-order valence-electron chi connectivity index (χ3n) is 2.74. The molecule has 0 aliphatic heterocycles. The number of halogens is 1. The molecule has 0 bridgehead atoms. The lowest BCUT2D eigenvalue weighted by Gasteiger charge is -2.10. The van der Waals surface area contributed by atoms with E-state index >= 15 is 0 Å². The van der Waals surface area contributed by atoms with Gasteiger partial charge in [-0.25, -0.2) is 4.98 Å². The van der Waals surface area contributed by atoms with E-state index in [9.17, 15) is 10.1 Å². The molecule has 0 saturated carbocycles. The molecule has 7 heteroatoms. The van der Waals surface area contributed by atoms with Gasteiger partial charge < -0.3 is 4.74 Å². The van der Waals surface area contributed by atoms with Gasteiger partial charge in [-0.05, 0) is 26.8 Å². The Balaban J connectivity index is 2.51. The molecule has 2 aromatic rings. The van der Waals surface area contributed by atoms with E-state index in [1.807, 2.05) is 0 Å². The highest BCUT2D eigenvalue weighted by molar-refractivity contribution is 6.30. The molecule has 0 aliphatic rings. The summed E-state index contributed by atoms with van der Waals surface area (Å²) < 4.78 is 5.57. The van der Waals surface area contributed by atoms with Crippen LogP contribution in [-0.4, -0.2) is 14.9 Å². The van der Waals surface area contributed by atoms with Gasteiger partial charge in [0.1, 0.15) is 11.0 Å². The summed E-state index contributed by atoms with van der Waals surface area (Å²) in [5.74, 6) is 0.786. The van der Waals surface area contributed by atoms with Crippen LogP contribution < -0.4 is 4.74 Å². The molecule has 2 rings (SSSR count). The molecule has 0 fully saturated rings. The number of ether oxygens (including phenoxy) is 1. The van der Waals surface area contributed by atoms with Gasteiger partial charge in [-0.15, -0.1) is 0 Å². The minimum absolute atomic E-state index is 0.0840. The third kappa shape index (κ3) is 2.70. The fourth-order valence-electron chi connectivity index (χ4n) is 1.72. The molecule has 0 aliphatic carbocycles. The van der Waals surface area contributed by atoms with E-state index in [-0.39, 0.29) is 22.5 Å². The molecule has 0 N–H and O–H groups in total. The fraction of sp³-hybridized carbons (Fsp3) is 0.231. The highest BCUT2D eigenvalue weighted by Crippen LogP contribution is 2.35. The van der Waals surface area contributed by atoms with Crippen LogP contribution in [0.1, 0.15) is 17.0 Å². The predicted molar refractivity (Wildman–Crippen MR) is 74.4 cm³/mol. The van der Waals surface area contributed by atoms with Crippen LogP contribution in [0.2, 0.25) is 5.15 Å². The topological polar surface area (TPSA) is 78.2 Å². The zero-order valence-electron chi connectivity index (χ0n) is 11.2. The Morgan fingerprint density at radius 2 is 1.95 bits per heavy atom. The number of hydrogen-bond acceptors (Lipinski definition) is 5. The minimum atomic E-state index is -0.477. The van der Waals surface area contributed by atoms with E-state index in [0.717, 1.165) is 0 Å². The zero-order valence-corrected chi connectivity index (χ0v) is 11.9. The van der Waals surface area contributed by atoms with Crippen molar-refractivity contribution in [3.05, 3.63) is 50.4 Å². The number of rotatable bonds is 3. The highest BCUT2D eigenvalue weighted by atomic mass is 35.5. The Labute approximate surface area is 120 Å². The molecule has 6 nitrogen and oxygen atoms in total. The van der Waals surface area contributed by atoms with Crippen LogP contribution in [0.3, 0.4) is 0 Å². The van der Waals surface area contributed by atoms with Crippen molar-refractivity contribution >= 4 is 17.3 Å². The zero-order chi connectivity index (χ0) is 14.9. The number of benzene rings is 1. The molecule has 0 saturated heterocycles. The lowest BCUT2D eigenvalue weighted by Crippen LogP contribution is -2.00. The molecule has 104 valence electrons. The van der Waals surface area contributed by atoms with Crippen molar-refractivity contribution in [3.63, 3.8) is 0 Å². The number of aromatic nitrogens is 2. The molecule has 0 atom stereocenters. The van der Waals surface area contributed by atoms with Gasteiger partial charge >= 0.3 is 5.69 Å². The van der Waals surface area contributed by atoms with Crippen LogP contribution in [0, 0.1) is 30.9 Å². The summed E-state index contributed by atoms with van der Waals surface area (Å²) in [6, 6.07) is 4.86. The van der Waals surface area contributed by atoms with Crippen molar-refractivity contribution in [1.29, 1.82) is 0 Å². The monoisotopic (exact) mass is 293 g/mol. The first-order valence-corrected chi connectivity index (χ1v) is 6.20. The molecule has 0 amide bonds. The highest BCUT2D eigenvalue weighted by Gasteiger charge is 2.20. The van der Waals surface area contributed by atoms with E-state index in [2.05, 4.69) is 9.97 Å². The average molecular weight is 294 g/mol. The molecule has 1 aromatic heterocycles. The Bertz CT molecular complexity index is 689. The maximum Gasteiger partial charge on any atom is 0.314 e. The van der Waals surface area contributed by atoms with E-state index in [1.165, 1.54) is 6.07 Å². The number of nitrogens with zero attached hydrogens (tertiary/aromatic N) is 3. The SMILES string of the molecule is Cc1nc(Cl)c(C)c(Oc2cccc(C)c2[N+](=O)[O-])n1. The number of nitro groups is 1. The number of hydrogen-bond donors (Lipinski definition) is 0. The second-order valence-electron chi connectivity index (χ2n) is 4.27. The van der Waals surface area contributed by atoms with Crippen LogP contribution >= 0.6 is 11.6 Å². The quantitative estimate of drug-likeness (QED) is 0.489.